The van der Waals surface area contributed by atoms with Crippen LogP contribution in [-0.4, -0.2) is 64.3 Å². The van der Waals surface area contributed by atoms with E-state index < -0.39 is 11.4 Å². The van der Waals surface area contributed by atoms with Crippen LogP contribution in [0, 0.1) is 11.3 Å². The molecule has 0 aromatic rings. The first kappa shape index (κ1) is 16.1. The highest BCUT2D eigenvalue weighted by Crippen LogP contribution is 2.35. The van der Waals surface area contributed by atoms with Crippen molar-refractivity contribution in [2.45, 2.75) is 45.6 Å². The summed E-state index contributed by atoms with van der Waals surface area (Å²) in [5, 5.41) is 18.5. The molecule has 21 heavy (non-hydrogen) atoms. The molecule has 1 saturated heterocycles. The van der Waals surface area contributed by atoms with Gasteiger partial charge in [0, 0.05) is 25.7 Å². The first-order chi connectivity index (χ1) is 9.87. The zero-order valence-electron chi connectivity index (χ0n) is 12.9. The van der Waals surface area contributed by atoms with Gasteiger partial charge in [-0.3, -0.25) is 4.79 Å². The zero-order valence-corrected chi connectivity index (χ0v) is 12.9. The van der Waals surface area contributed by atoms with Gasteiger partial charge in [-0.2, -0.15) is 0 Å². The van der Waals surface area contributed by atoms with Crippen molar-refractivity contribution in [1.82, 2.24) is 9.80 Å². The van der Waals surface area contributed by atoms with Gasteiger partial charge in [0.2, 0.25) is 0 Å². The predicted octanol–water partition coefficient (Wildman–Crippen LogP) is 1.39. The zero-order chi connectivity index (χ0) is 15.6. The van der Waals surface area contributed by atoms with E-state index in [0.29, 0.717) is 19.6 Å². The number of carbonyl (C=O) groups excluding carboxylic acids is 1. The van der Waals surface area contributed by atoms with Crippen molar-refractivity contribution in [2.75, 3.05) is 26.2 Å². The SMILES string of the molecule is CC(C)(C(=O)O)C1CCCN(C(=O)N(CCO)C2CC2)C1. The fourth-order valence-electron chi connectivity index (χ4n) is 3.02. The third kappa shape index (κ3) is 3.48. The molecule has 1 aliphatic carbocycles. The number of urea groups is 1. The predicted molar refractivity (Wildman–Crippen MR) is 77.9 cm³/mol. The fraction of sp³-hybridized carbons (Fsp3) is 0.867. The van der Waals surface area contributed by atoms with Gasteiger partial charge in [0.15, 0.2) is 0 Å². The Morgan fingerprint density at radius 1 is 1.29 bits per heavy atom. The molecule has 0 aromatic carbocycles. The summed E-state index contributed by atoms with van der Waals surface area (Å²) < 4.78 is 0. The summed E-state index contributed by atoms with van der Waals surface area (Å²) in [6.07, 6.45) is 3.69. The Kier molecular flexibility index (Phi) is 4.76. The van der Waals surface area contributed by atoms with E-state index in [1.165, 1.54) is 0 Å². The van der Waals surface area contributed by atoms with Gasteiger partial charge < -0.3 is 20.0 Å². The van der Waals surface area contributed by atoms with Crippen LogP contribution in [0.4, 0.5) is 4.79 Å². The van der Waals surface area contributed by atoms with Crippen LogP contribution in [0.5, 0.6) is 0 Å². The Bertz CT molecular complexity index is 406. The molecule has 0 radical (unpaired) electrons. The lowest BCUT2D eigenvalue weighted by molar-refractivity contribution is -0.151. The summed E-state index contributed by atoms with van der Waals surface area (Å²) in [6, 6.07) is 0.218. The minimum atomic E-state index is -0.819. The number of carbonyl (C=O) groups is 2. The molecular formula is C15H26N2O4. The van der Waals surface area contributed by atoms with E-state index in [4.69, 9.17) is 5.11 Å². The number of aliphatic carboxylic acids is 1. The monoisotopic (exact) mass is 298 g/mol. The van der Waals surface area contributed by atoms with Crippen LogP contribution in [0.25, 0.3) is 0 Å². The van der Waals surface area contributed by atoms with Gasteiger partial charge in [0.1, 0.15) is 0 Å². The van der Waals surface area contributed by atoms with Crippen molar-refractivity contribution in [1.29, 1.82) is 0 Å². The topological polar surface area (TPSA) is 81.1 Å². The van der Waals surface area contributed by atoms with Crippen molar-refractivity contribution < 1.29 is 19.8 Å². The average molecular weight is 298 g/mol. The maximum absolute atomic E-state index is 12.6. The van der Waals surface area contributed by atoms with E-state index in [2.05, 4.69) is 0 Å². The van der Waals surface area contributed by atoms with Gasteiger partial charge in [0.05, 0.1) is 12.0 Å². The maximum atomic E-state index is 12.6. The Morgan fingerprint density at radius 3 is 2.48 bits per heavy atom. The summed E-state index contributed by atoms with van der Waals surface area (Å²) in [5.74, 6) is -0.834. The smallest absolute Gasteiger partial charge is 0.320 e. The quantitative estimate of drug-likeness (QED) is 0.803. The van der Waals surface area contributed by atoms with E-state index in [1.807, 2.05) is 0 Å². The number of piperidine rings is 1. The third-order valence-electron chi connectivity index (χ3n) is 4.84. The van der Waals surface area contributed by atoms with Gasteiger partial charge in [0.25, 0.3) is 0 Å². The Labute approximate surface area is 125 Å². The van der Waals surface area contributed by atoms with Gasteiger partial charge in [-0.05, 0) is 45.4 Å². The summed E-state index contributed by atoms with van der Waals surface area (Å²) in [6.45, 7) is 4.99. The van der Waals surface area contributed by atoms with Gasteiger partial charge in [-0.1, -0.05) is 0 Å². The summed E-state index contributed by atoms with van der Waals surface area (Å²) in [7, 11) is 0. The van der Waals surface area contributed by atoms with Crippen LogP contribution in [0.3, 0.4) is 0 Å². The number of carboxylic acid groups (broad SMARTS) is 1. The van der Waals surface area contributed by atoms with Crippen LogP contribution >= 0.6 is 0 Å². The number of carboxylic acids is 1. The molecule has 6 nitrogen and oxygen atoms in total. The molecule has 1 heterocycles. The molecule has 0 spiro atoms. The highest BCUT2D eigenvalue weighted by Gasteiger charge is 2.42. The number of hydrogen-bond donors (Lipinski definition) is 2. The second-order valence-electron chi connectivity index (χ2n) is 6.74. The standard InChI is InChI=1S/C15H26N2O4/c1-15(2,13(19)20)11-4-3-7-16(10-11)14(21)17(8-9-18)12-5-6-12/h11-12,18H,3-10H2,1-2H3,(H,19,20). The van der Waals surface area contributed by atoms with E-state index in [-0.39, 0.29) is 24.6 Å². The molecule has 1 aliphatic heterocycles. The third-order valence-corrected chi connectivity index (χ3v) is 4.84. The molecule has 0 aromatic heterocycles. The Morgan fingerprint density at radius 2 is 1.95 bits per heavy atom. The lowest BCUT2D eigenvalue weighted by atomic mass is 9.74. The minimum Gasteiger partial charge on any atom is -0.481 e. The molecule has 2 fully saturated rings. The normalized spacial score (nSPS) is 23.0. The van der Waals surface area contributed by atoms with Crippen molar-refractivity contribution in [3.8, 4) is 0 Å². The molecule has 2 aliphatic rings. The second kappa shape index (κ2) is 6.22. The number of nitrogens with zero attached hydrogens (tertiary/aromatic N) is 2. The van der Waals surface area contributed by atoms with Gasteiger partial charge in [-0.15, -0.1) is 0 Å². The first-order valence-electron chi connectivity index (χ1n) is 7.77. The van der Waals surface area contributed by atoms with Gasteiger partial charge in [-0.25, -0.2) is 4.79 Å². The average Bonchev–Trinajstić information content (AvgIpc) is 3.28. The van der Waals surface area contributed by atoms with Crippen molar-refractivity contribution in [2.24, 2.45) is 11.3 Å². The molecule has 0 bridgehead atoms. The Hall–Kier alpha value is -1.30. The van der Waals surface area contributed by atoms with Crippen molar-refractivity contribution >= 4 is 12.0 Å². The van der Waals surface area contributed by atoms with Crippen LogP contribution < -0.4 is 0 Å². The first-order valence-corrected chi connectivity index (χ1v) is 7.77. The number of rotatable bonds is 5. The summed E-state index contributed by atoms with van der Waals surface area (Å²) >= 11 is 0. The molecular weight excluding hydrogens is 272 g/mol. The van der Waals surface area contributed by atoms with E-state index in [9.17, 15) is 14.7 Å². The number of aliphatic hydroxyl groups excluding tert-OH is 1. The number of likely N-dealkylation sites (tertiary alicyclic amines) is 1. The minimum absolute atomic E-state index is 0.0251. The second-order valence-corrected chi connectivity index (χ2v) is 6.74. The molecule has 1 atom stereocenters. The van der Waals surface area contributed by atoms with Crippen molar-refractivity contribution in [3.05, 3.63) is 0 Å². The summed E-state index contributed by atoms with van der Waals surface area (Å²) in [4.78, 5) is 27.5. The molecule has 2 amide bonds. The molecule has 120 valence electrons. The summed E-state index contributed by atoms with van der Waals surface area (Å²) in [5.41, 5.74) is -0.819. The maximum Gasteiger partial charge on any atom is 0.320 e. The highest BCUT2D eigenvalue weighted by atomic mass is 16.4. The molecule has 2 rings (SSSR count). The van der Waals surface area contributed by atoms with Crippen LogP contribution in [-0.2, 0) is 4.79 Å². The largest absolute Gasteiger partial charge is 0.481 e. The number of hydrogen-bond acceptors (Lipinski definition) is 3. The lowest BCUT2D eigenvalue weighted by Gasteiger charge is -2.41. The van der Waals surface area contributed by atoms with E-state index in [0.717, 1.165) is 25.7 Å². The fourth-order valence-corrected chi connectivity index (χ4v) is 3.02. The van der Waals surface area contributed by atoms with Crippen LogP contribution in [0.2, 0.25) is 0 Å². The van der Waals surface area contributed by atoms with Gasteiger partial charge >= 0.3 is 12.0 Å². The highest BCUT2D eigenvalue weighted by molar-refractivity contribution is 5.76. The Balaban J connectivity index is 2.02. The molecule has 1 unspecified atom stereocenters. The van der Waals surface area contributed by atoms with Crippen LogP contribution in [0.15, 0.2) is 0 Å². The van der Waals surface area contributed by atoms with E-state index >= 15 is 0 Å². The van der Waals surface area contributed by atoms with Crippen molar-refractivity contribution in [3.63, 3.8) is 0 Å². The number of amides is 2. The number of aliphatic hydroxyl groups is 1. The lowest BCUT2D eigenvalue weighted by Crippen LogP contribution is -2.52. The molecule has 2 N–H and O–H groups in total. The molecule has 6 heteroatoms. The van der Waals surface area contributed by atoms with Crippen LogP contribution in [0.1, 0.15) is 39.5 Å². The van der Waals surface area contributed by atoms with E-state index in [1.54, 1.807) is 23.6 Å². The molecule has 1 saturated carbocycles.